The molecule has 4 nitrogen and oxygen atoms in total. The lowest BCUT2D eigenvalue weighted by molar-refractivity contribution is -0.166. The molecule has 0 N–H and O–H groups in total. The summed E-state index contributed by atoms with van der Waals surface area (Å²) in [7, 11) is 0. The molecule has 1 saturated heterocycles. The monoisotopic (exact) mass is 238 g/mol. The molecule has 2 heterocycles. The zero-order chi connectivity index (χ0) is 12.5. The molecule has 0 aromatic rings. The molecule has 1 fully saturated rings. The maximum Gasteiger partial charge on any atom is 0.306 e. The van der Waals surface area contributed by atoms with Gasteiger partial charge in [0, 0.05) is 6.42 Å². The lowest BCUT2D eigenvalue weighted by atomic mass is 10.1. The van der Waals surface area contributed by atoms with Gasteiger partial charge in [-0.05, 0) is 26.3 Å². The number of ether oxygens (including phenoxy) is 3. The minimum Gasteiger partial charge on any atom is -0.455 e. The third kappa shape index (κ3) is 2.76. The highest BCUT2D eigenvalue weighted by Crippen LogP contribution is 2.32. The van der Waals surface area contributed by atoms with Crippen molar-refractivity contribution in [2.75, 3.05) is 0 Å². The number of rotatable bonds is 1. The van der Waals surface area contributed by atoms with Gasteiger partial charge in [0.15, 0.2) is 5.79 Å². The van der Waals surface area contributed by atoms with E-state index in [-0.39, 0.29) is 18.2 Å². The Labute approximate surface area is 101 Å². The van der Waals surface area contributed by atoms with Gasteiger partial charge in [-0.3, -0.25) is 4.79 Å². The SMILES string of the molecule is C=C[C@@H]1OC(=O)CC/C=C\[C@@H]2OC(C)(C)O[C@@H]12. The summed E-state index contributed by atoms with van der Waals surface area (Å²) in [6.45, 7) is 7.39. The number of carbonyl (C=O) groups excluding carboxylic acids is 1. The Bertz CT molecular complexity index is 345. The normalized spacial score (nSPS) is 38.2. The van der Waals surface area contributed by atoms with Crippen LogP contribution in [0.1, 0.15) is 26.7 Å². The molecule has 17 heavy (non-hydrogen) atoms. The molecule has 0 aliphatic carbocycles. The average Bonchev–Trinajstić information content (AvgIpc) is 2.58. The van der Waals surface area contributed by atoms with Crippen molar-refractivity contribution in [3.63, 3.8) is 0 Å². The number of cyclic esters (lactones) is 1. The van der Waals surface area contributed by atoms with E-state index in [0.29, 0.717) is 12.8 Å². The maximum atomic E-state index is 11.5. The van der Waals surface area contributed by atoms with E-state index in [1.807, 2.05) is 26.0 Å². The highest BCUT2D eigenvalue weighted by molar-refractivity contribution is 5.70. The quantitative estimate of drug-likeness (QED) is 0.517. The molecule has 2 rings (SSSR count). The first kappa shape index (κ1) is 12.3. The van der Waals surface area contributed by atoms with Crippen LogP contribution in [0.25, 0.3) is 0 Å². The number of esters is 1. The molecule has 0 radical (unpaired) electrons. The first-order chi connectivity index (χ1) is 8.02. The van der Waals surface area contributed by atoms with Gasteiger partial charge in [0.1, 0.15) is 18.3 Å². The minimum absolute atomic E-state index is 0.195. The topological polar surface area (TPSA) is 44.8 Å². The van der Waals surface area contributed by atoms with E-state index in [9.17, 15) is 4.79 Å². The Morgan fingerprint density at radius 3 is 2.94 bits per heavy atom. The number of hydrogen-bond acceptors (Lipinski definition) is 4. The first-order valence-corrected chi connectivity index (χ1v) is 5.86. The van der Waals surface area contributed by atoms with Crippen LogP contribution in [0.2, 0.25) is 0 Å². The van der Waals surface area contributed by atoms with Crippen molar-refractivity contribution in [1.29, 1.82) is 0 Å². The molecule has 3 atom stereocenters. The third-order valence-corrected chi connectivity index (χ3v) is 2.83. The van der Waals surface area contributed by atoms with E-state index < -0.39 is 11.9 Å². The Hall–Kier alpha value is -1.13. The summed E-state index contributed by atoms with van der Waals surface area (Å²) in [5.74, 6) is -0.888. The van der Waals surface area contributed by atoms with Crippen LogP contribution < -0.4 is 0 Å². The van der Waals surface area contributed by atoms with Gasteiger partial charge < -0.3 is 14.2 Å². The van der Waals surface area contributed by atoms with Crippen LogP contribution in [0.4, 0.5) is 0 Å². The molecular weight excluding hydrogens is 220 g/mol. The predicted molar refractivity (Wildman–Crippen MR) is 62.3 cm³/mol. The molecule has 0 saturated carbocycles. The molecule has 2 aliphatic heterocycles. The molecule has 0 amide bonds. The van der Waals surface area contributed by atoms with Gasteiger partial charge >= 0.3 is 5.97 Å². The van der Waals surface area contributed by atoms with E-state index in [4.69, 9.17) is 14.2 Å². The zero-order valence-electron chi connectivity index (χ0n) is 10.2. The fourth-order valence-electron chi connectivity index (χ4n) is 2.11. The Morgan fingerprint density at radius 1 is 1.47 bits per heavy atom. The number of fused-ring (bicyclic) bond motifs is 1. The van der Waals surface area contributed by atoms with Gasteiger partial charge in [-0.25, -0.2) is 0 Å². The summed E-state index contributed by atoms with van der Waals surface area (Å²) in [6.07, 6.45) is 5.54. The Balaban J connectivity index is 2.23. The summed E-state index contributed by atoms with van der Waals surface area (Å²) in [5.41, 5.74) is 0. The standard InChI is InChI=1S/C13H18O4/c1-4-9-12-10(16-13(2,3)17-12)7-5-6-8-11(14)15-9/h4-5,7,9-10,12H,1,6,8H2,2-3H3/b7-5-/t9-,10-,12-/m0/s1. The average molecular weight is 238 g/mol. The second-order valence-corrected chi connectivity index (χ2v) is 4.72. The van der Waals surface area contributed by atoms with E-state index >= 15 is 0 Å². The van der Waals surface area contributed by atoms with E-state index in [1.165, 1.54) is 0 Å². The van der Waals surface area contributed by atoms with Crippen LogP contribution in [0.5, 0.6) is 0 Å². The maximum absolute atomic E-state index is 11.5. The summed E-state index contributed by atoms with van der Waals surface area (Å²) in [6, 6.07) is 0. The fourth-order valence-corrected chi connectivity index (χ4v) is 2.11. The lowest BCUT2D eigenvalue weighted by Crippen LogP contribution is -2.36. The van der Waals surface area contributed by atoms with Crippen LogP contribution in [0.15, 0.2) is 24.8 Å². The van der Waals surface area contributed by atoms with Crippen molar-refractivity contribution in [1.82, 2.24) is 0 Å². The first-order valence-electron chi connectivity index (χ1n) is 5.86. The van der Waals surface area contributed by atoms with Crippen molar-refractivity contribution in [2.45, 2.75) is 50.8 Å². The predicted octanol–water partition coefficient (Wildman–Crippen LogP) is 1.95. The summed E-state index contributed by atoms with van der Waals surface area (Å²) >= 11 is 0. The molecule has 0 unspecified atom stereocenters. The fraction of sp³-hybridized carbons (Fsp3) is 0.615. The Morgan fingerprint density at radius 2 is 2.24 bits per heavy atom. The van der Waals surface area contributed by atoms with Crippen LogP contribution in [0, 0.1) is 0 Å². The molecule has 0 spiro atoms. The summed E-state index contributed by atoms with van der Waals surface area (Å²) in [5, 5.41) is 0. The smallest absolute Gasteiger partial charge is 0.306 e. The van der Waals surface area contributed by atoms with Crippen molar-refractivity contribution in [3.8, 4) is 0 Å². The zero-order valence-corrected chi connectivity index (χ0v) is 10.2. The lowest BCUT2D eigenvalue weighted by Gasteiger charge is -2.22. The number of carbonyl (C=O) groups is 1. The molecule has 0 aromatic carbocycles. The van der Waals surface area contributed by atoms with Crippen molar-refractivity contribution < 1.29 is 19.0 Å². The number of hydrogen-bond donors (Lipinski definition) is 0. The second kappa shape index (κ2) is 4.63. The van der Waals surface area contributed by atoms with Gasteiger partial charge in [0.25, 0.3) is 0 Å². The summed E-state index contributed by atoms with van der Waals surface area (Å²) in [4.78, 5) is 11.5. The summed E-state index contributed by atoms with van der Waals surface area (Å²) < 4.78 is 16.9. The van der Waals surface area contributed by atoms with Crippen molar-refractivity contribution >= 4 is 5.97 Å². The van der Waals surface area contributed by atoms with Gasteiger partial charge in [-0.2, -0.15) is 0 Å². The van der Waals surface area contributed by atoms with Crippen molar-refractivity contribution in [3.05, 3.63) is 24.8 Å². The van der Waals surface area contributed by atoms with Crippen LogP contribution in [0.3, 0.4) is 0 Å². The van der Waals surface area contributed by atoms with Crippen molar-refractivity contribution in [2.24, 2.45) is 0 Å². The largest absolute Gasteiger partial charge is 0.455 e. The van der Waals surface area contributed by atoms with E-state index in [0.717, 1.165) is 0 Å². The van der Waals surface area contributed by atoms with Crippen LogP contribution in [-0.4, -0.2) is 30.1 Å². The number of allylic oxidation sites excluding steroid dienone is 1. The van der Waals surface area contributed by atoms with Crippen LogP contribution >= 0.6 is 0 Å². The third-order valence-electron chi connectivity index (χ3n) is 2.83. The molecule has 94 valence electrons. The molecule has 4 heteroatoms. The van der Waals surface area contributed by atoms with Gasteiger partial charge in [-0.15, -0.1) is 0 Å². The molecule has 0 bridgehead atoms. The highest BCUT2D eigenvalue weighted by Gasteiger charge is 2.44. The van der Waals surface area contributed by atoms with Gasteiger partial charge in [-0.1, -0.05) is 18.7 Å². The molecule has 0 aromatic heterocycles. The van der Waals surface area contributed by atoms with E-state index in [2.05, 4.69) is 6.58 Å². The molecular formula is C13H18O4. The van der Waals surface area contributed by atoms with Gasteiger partial charge in [0.05, 0.1) is 0 Å². The highest BCUT2D eigenvalue weighted by atomic mass is 16.8. The Kier molecular flexibility index (Phi) is 3.35. The van der Waals surface area contributed by atoms with Gasteiger partial charge in [0.2, 0.25) is 0 Å². The minimum atomic E-state index is -0.660. The van der Waals surface area contributed by atoms with E-state index in [1.54, 1.807) is 6.08 Å². The van der Waals surface area contributed by atoms with Crippen LogP contribution in [-0.2, 0) is 19.0 Å². The molecule has 2 aliphatic rings. The second-order valence-electron chi connectivity index (χ2n) is 4.72.